The molecule has 1 aromatic rings. The molecule has 0 heterocycles. The molecule has 0 unspecified atom stereocenters. The Bertz CT molecular complexity index is 480. The van der Waals surface area contributed by atoms with Crippen molar-refractivity contribution in [1.29, 1.82) is 0 Å². The van der Waals surface area contributed by atoms with Gasteiger partial charge in [0, 0.05) is 11.1 Å². The van der Waals surface area contributed by atoms with Gasteiger partial charge in [0.2, 0.25) is 0 Å². The van der Waals surface area contributed by atoms with Crippen molar-refractivity contribution in [2.24, 2.45) is 5.41 Å². The first kappa shape index (κ1) is 13.4. The molecular formula is C16H20FNO2. The summed E-state index contributed by atoms with van der Waals surface area (Å²) in [6, 6.07) is 5.71. The van der Waals surface area contributed by atoms with Crippen LogP contribution in [0.1, 0.15) is 44.9 Å². The summed E-state index contributed by atoms with van der Waals surface area (Å²) >= 11 is 0. The first-order valence-electron chi connectivity index (χ1n) is 7.41. The maximum Gasteiger partial charge on any atom is 0.411 e. The van der Waals surface area contributed by atoms with Crippen molar-refractivity contribution < 1.29 is 13.9 Å². The minimum atomic E-state index is -0.425. The average Bonchev–Trinajstić information content (AvgIpc) is 2.47. The molecule has 2 aliphatic carbocycles. The first-order valence-corrected chi connectivity index (χ1v) is 7.41. The summed E-state index contributed by atoms with van der Waals surface area (Å²) < 4.78 is 18.4. The van der Waals surface area contributed by atoms with Gasteiger partial charge in [-0.3, -0.25) is 5.32 Å². The zero-order chi connectivity index (χ0) is 14.0. The number of amides is 1. The largest absolute Gasteiger partial charge is 0.445 e. The van der Waals surface area contributed by atoms with E-state index in [1.54, 1.807) is 0 Å². The Hall–Kier alpha value is -1.58. The van der Waals surface area contributed by atoms with Crippen molar-refractivity contribution in [3.8, 4) is 0 Å². The van der Waals surface area contributed by atoms with Gasteiger partial charge in [-0.25, -0.2) is 9.18 Å². The summed E-state index contributed by atoms with van der Waals surface area (Å²) in [5.74, 6) is -0.316. The summed E-state index contributed by atoms with van der Waals surface area (Å²) in [7, 11) is 0. The molecule has 1 amide bonds. The van der Waals surface area contributed by atoms with Crippen molar-refractivity contribution in [2.45, 2.75) is 51.0 Å². The zero-order valence-corrected chi connectivity index (χ0v) is 11.5. The highest BCUT2D eigenvalue weighted by atomic mass is 19.1. The molecule has 2 fully saturated rings. The molecule has 1 N–H and O–H groups in total. The topological polar surface area (TPSA) is 38.3 Å². The highest BCUT2D eigenvalue weighted by Gasteiger charge is 2.49. The summed E-state index contributed by atoms with van der Waals surface area (Å²) in [5.41, 5.74) is 0.812. The van der Waals surface area contributed by atoms with Crippen LogP contribution in [0.3, 0.4) is 0 Å². The van der Waals surface area contributed by atoms with Crippen molar-refractivity contribution in [3.05, 3.63) is 30.1 Å². The number of anilines is 1. The van der Waals surface area contributed by atoms with Crippen LogP contribution in [-0.4, -0.2) is 12.2 Å². The molecule has 2 saturated carbocycles. The van der Waals surface area contributed by atoms with E-state index < -0.39 is 6.09 Å². The third-order valence-corrected chi connectivity index (χ3v) is 4.78. The molecular weight excluding hydrogens is 257 g/mol. The van der Waals surface area contributed by atoms with Gasteiger partial charge in [0.15, 0.2) is 0 Å². The number of ether oxygens (including phenoxy) is 1. The fourth-order valence-corrected chi connectivity index (χ4v) is 3.49. The number of benzene rings is 1. The molecule has 108 valence electrons. The lowest BCUT2D eigenvalue weighted by molar-refractivity contribution is -0.0890. The van der Waals surface area contributed by atoms with Crippen molar-refractivity contribution in [2.75, 3.05) is 5.32 Å². The minimum absolute atomic E-state index is 0.0586. The Balaban J connectivity index is 1.55. The first-order chi connectivity index (χ1) is 9.68. The van der Waals surface area contributed by atoms with E-state index in [-0.39, 0.29) is 17.3 Å². The summed E-state index contributed by atoms with van der Waals surface area (Å²) in [6.07, 6.45) is 7.95. The van der Waals surface area contributed by atoms with Crippen LogP contribution < -0.4 is 5.32 Å². The zero-order valence-electron chi connectivity index (χ0n) is 11.5. The van der Waals surface area contributed by atoms with Crippen LogP contribution in [0, 0.1) is 11.2 Å². The lowest BCUT2D eigenvalue weighted by atomic mass is 9.58. The maximum atomic E-state index is 12.8. The second-order valence-electron chi connectivity index (χ2n) is 5.99. The van der Waals surface area contributed by atoms with Crippen LogP contribution in [0.5, 0.6) is 0 Å². The van der Waals surface area contributed by atoms with E-state index in [0.29, 0.717) is 5.69 Å². The number of carbonyl (C=O) groups excluding carboxylic acids is 1. The average molecular weight is 277 g/mol. The standard InChI is InChI=1S/C16H20FNO2/c17-12-4-6-13(7-5-12)18-15(19)20-14-8-11-16(14)9-2-1-3-10-16/h4-7,14H,1-3,8-11H2,(H,18,19)/t14-/m0/s1. The predicted octanol–water partition coefficient (Wildman–Crippen LogP) is 4.49. The highest BCUT2D eigenvalue weighted by molar-refractivity contribution is 5.84. The fourth-order valence-electron chi connectivity index (χ4n) is 3.49. The third kappa shape index (κ3) is 2.65. The van der Waals surface area contributed by atoms with Gasteiger partial charge in [-0.05, 0) is 49.9 Å². The lowest BCUT2D eigenvalue weighted by Gasteiger charge is -2.50. The smallest absolute Gasteiger partial charge is 0.411 e. The maximum absolute atomic E-state index is 12.8. The SMILES string of the molecule is O=C(Nc1ccc(F)cc1)O[C@H]1CCC12CCCCC2. The molecule has 1 spiro atoms. The fraction of sp³-hybridized carbons (Fsp3) is 0.562. The number of carbonyl (C=O) groups is 1. The van der Waals surface area contributed by atoms with Crippen LogP contribution in [0.2, 0.25) is 0 Å². The Morgan fingerprint density at radius 3 is 2.45 bits per heavy atom. The lowest BCUT2D eigenvalue weighted by Crippen LogP contribution is -2.49. The third-order valence-electron chi connectivity index (χ3n) is 4.78. The van der Waals surface area contributed by atoms with Gasteiger partial charge in [-0.15, -0.1) is 0 Å². The molecule has 0 radical (unpaired) electrons. The Morgan fingerprint density at radius 1 is 1.15 bits per heavy atom. The molecule has 20 heavy (non-hydrogen) atoms. The van der Waals surface area contributed by atoms with Gasteiger partial charge < -0.3 is 4.74 Å². The summed E-state index contributed by atoms with van der Waals surface area (Å²) in [4.78, 5) is 11.9. The number of hydrogen-bond acceptors (Lipinski definition) is 2. The summed E-state index contributed by atoms with van der Waals surface area (Å²) in [6.45, 7) is 0. The molecule has 1 aromatic carbocycles. The van der Waals surface area contributed by atoms with Crippen LogP contribution >= 0.6 is 0 Å². The normalized spacial score (nSPS) is 23.9. The van der Waals surface area contributed by atoms with Crippen molar-refractivity contribution in [3.63, 3.8) is 0 Å². The molecule has 1 atom stereocenters. The second kappa shape index (κ2) is 5.43. The Labute approximate surface area is 118 Å². The van der Waals surface area contributed by atoms with Gasteiger partial charge in [0.1, 0.15) is 11.9 Å². The van der Waals surface area contributed by atoms with Gasteiger partial charge in [-0.2, -0.15) is 0 Å². The van der Waals surface area contributed by atoms with Gasteiger partial charge in [-0.1, -0.05) is 19.3 Å². The minimum Gasteiger partial charge on any atom is -0.445 e. The monoisotopic (exact) mass is 277 g/mol. The quantitative estimate of drug-likeness (QED) is 0.865. The molecule has 3 nitrogen and oxygen atoms in total. The predicted molar refractivity (Wildman–Crippen MR) is 75.0 cm³/mol. The van der Waals surface area contributed by atoms with Gasteiger partial charge >= 0.3 is 6.09 Å². The van der Waals surface area contributed by atoms with Crippen LogP contribution in [-0.2, 0) is 4.74 Å². The van der Waals surface area contributed by atoms with Gasteiger partial charge in [0.25, 0.3) is 0 Å². The number of rotatable bonds is 2. The molecule has 0 bridgehead atoms. The van der Waals surface area contributed by atoms with Crippen molar-refractivity contribution >= 4 is 11.8 Å². The van der Waals surface area contributed by atoms with E-state index in [2.05, 4.69) is 5.32 Å². The summed E-state index contributed by atoms with van der Waals surface area (Å²) in [5, 5.41) is 2.66. The van der Waals surface area contributed by atoms with E-state index >= 15 is 0 Å². The Kier molecular flexibility index (Phi) is 3.64. The molecule has 3 rings (SSSR count). The van der Waals surface area contributed by atoms with E-state index in [1.165, 1.54) is 62.8 Å². The molecule has 0 aliphatic heterocycles. The highest BCUT2D eigenvalue weighted by Crippen LogP contribution is 2.53. The van der Waals surface area contributed by atoms with E-state index in [0.717, 1.165) is 6.42 Å². The number of nitrogens with one attached hydrogen (secondary N) is 1. The molecule has 0 saturated heterocycles. The number of halogens is 1. The van der Waals surface area contributed by atoms with Crippen LogP contribution in [0.15, 0.2) is 24.3 Å². The van der Waals surface area contributed by atoms with E-state index in [1.807, 2.05) is 0 Å². The van der Waals surface area contributed by atoms with Gasteiger partial charge in [0.05, 0.1) is 0 Å². The van der Waals surface area contributed by atoms with Crippen LogP contribution in [0.25, 0.3) is 0 Å². The van der Waals surface area contributed by atoms with Crippen LogP contribution in [0.4, 0.5) is 14.9 Å². The van der Waals surface area contributed by atoms with E-state index in [9.17, 15) is 9.18 Å². The number of hydrogen-bond donors (Lipinski definition) is 1. The molecule has 4 heteroatoms. The Morgan fingerprint density at radius 2 is 1.85 bits per heavy atom. The molecule has 2 aliphatic rings. The van der Waals surface area contributed by atoms with Crippen molar-refractivity contribution in [1.82, 2.24) is 0 Å². The second-order valence-corrected chi connectivity index (χ2v) is 5.99. The van der Waals surface area contributed by atoms with E-state index in [4.69, 9.17) is 4.74 Å². The molecule has 0 aromatic heterocycles.